The summed E-state index contributed by atoms with van der Waals surface area (Å²) in [4.78, 5) is 25.6. The Hall–Kier alpha value is -2.27. The fraction of sp³-hybridized carbons (Fsp3) is 0.391. The summed E-state index contributed by atoms with van der Waals surface area (Å²) in [6, 6.07) is 13.7. The molecule has 0 aliphatic carbocycles. The average Bonchev–Trinajstić information content (AvgIpc) is 2.68. The molecule has 0 saturated heterocycles. The summed E-state index contributed by atoms with van der Waals surface area (Å²) in [6.45, 7) is 8.06. The van der Waals surface area contributed by atoms with Crippen molar-refractivity contribution in [3.63, 3.8) is 0 Å². The molecule has 0 fully saturated rings. The third-order valence-electron chi connectivity index (χ3n) is 4.55. The van der Waals surface area contributed by atoms with Gasteiger partial charge in [0.15, 0.2) is 0 Å². The molecule has 0 bridgehead atoms. The van der Waals surface area contributed by atoms with Gasteiger partial charge in [0, 0.05) is 22.7 Å². The van der Waals surface area contributed by atoms with Gasteiger partial charge in [0.2, 0.25) is 11.8 Å². The summed E-state index contributed by atoms with van der Waals surface area (Å²) in [5.41, 5.74) is 3.90. The lowest BCUT2D eigenvalue weighted by molar-refractivity contribution is -0.116. The zero-order valence-electron chi connectivity index (χ0n) is 17.2. The van der Waals surface area contributed by atoms with Gasteiger partial charge in [-0.05, 0) is 56.0 Å². The van der Waals surface area contributed by atoms with Crippen molar-refractivity contribution in [2.24, 2.45) is 0 Å². The first kappa shape index (κ1) is 22.0. The Morgan fingerprint density at radius 3 is 2.54 bits per heavy atom. The number of hydrogen-bond acceptors (Lipinski definition) is 3. The lowest BCUT2D eigenvalue weighted by atomic mass is 10.1. The van der Waals surface area contributed by atoms with E-state index in [4.69, 9.17) is 0 Å². The minimum absolute atomic E-state index is 0.0219. The molecule has 0 saturated carbocycles. The molecule has 2 rings (SSSR count). The first-order valence-corrected chi connectivity index (χ1v) is 10.8. The number of rotatable bonds is 9. The molecule has 0 aliphatic rings. The molecule has 0 radical (unpaired) electrons. The highest BCUT2D eigenvalue weighted by molar-refractivity contribution is 8.00. The predicted octanol–water partition coefficient (Wildman–Crippen LogP) is 5.81. The number of thioether (sulfide) groups is 1. The Labute approximate surface area is 172 Å². The van der Waals surface area contributed by atoms with Crippen molar-refractivity contribution < 1.29 is 9.59 Å². The van der Waals surface area contributed by atoms with Gasteiger partial charge in [0.25, 0.3) is 0 Å². The van der Waals surface area contributed by atoms with E-state index in [0.29, 0.717) is 6.42 Å². The number of benzene rings is 2. The van der Waals surface area contributed by atoms with Gasteiger partial charge in [-0.15, -0.1) is 11.8 Å². The second-order valence-corrected chi connectivity index (χ2v) is 8.31. The van der Waals surface area contributed by atoms with E-state index in [1.165, 1.54) is 11.8 Å². The number of carbonyl (C=O) groups excluding carboxylic acids is 2. The minimum Gasteiger partial charge on any atom is -0.326 e. The summed E-state index contributed by atoms with van der Waals surface area (Å²) in [5.74, 6) is 0.00724. The molecule has 0 spiro atoms. The van der Waals surface area contributed by atoms with Gasteiger partial charge in [-0.25, -0.2) is 0 Å². The SMILES string of the molecule is CCCCC(=O)Nc1cccc(SC(C)C(=O)Nc2c(C)cccc2CC)c1. The molecular weight excluding hydrogens is 368 g/mol. The van der Waals surface area contributed by atoms with Crippen molar-refractivity contribution in [3.8, 4) is 0 Å². The number of nitrogens with one attached hydrogen (secondary N) is 2. The van der Waals surface area contributed by atoms with Crippen LogP contribution in [0.25, 0.3) is 0 Å². The molecule has 0 aliphatic heterocycles. The molecule has 2 N–H and O–H groups in total. The molecule has 2 aromatic carbocycles. The van der Waals surface area contributed by atoms with Crippen LogP contribution in [-0.4, -0.2) is 17.1 Å². The normalized spacial score (nSPS) is 11.7. The van der Waals surface area contributed by atoms with Crippen LogP contribution in [0.4, 0.5) is 11.4 Å². The lowest BCUT2D eigenvalue weighted by Gasteiger charge is -2.16. The zero-order chi connectivity index (χ0) is 20.5. The smallest absolute Gasteiger partial charge is 0.237 e. The molecule has 1 unspecified atom stereocenters. The average molecular weight is 399 g/mol. The number of carbonyl (C=O) groups is 2. The molecular formula is C23H30N2O2S. The van der Waals surface area contributed by atoms with E-state index in [2.05, 4.69) is 24.5 Å². The van der Waals surface area contributed by atoms with Crippen molar-refractivity contribution in [1.82, 2.24) is 0 Å². The Morgan fingerprint density at radius 1 is 1.07 bits per heavy atom. The van der Waals surface area contributed by atoms with Crippen molar-refractivity contribution in [2.75, 3.05) is 10.6 Å². The van der Waals surface area contributed by atoms with Gasteiger partial charge < -0.3 is 10.6 Å². The van der Waals surface area contributed by atoms with Gasteiger partial charge in [-0.1, -0.05) is 44.5 Å². The van der Waals surface area contributed by atoms with Crippen molar-refractivity contribution in [1.29, 1.82) is 0 Å². The zero-order valence-corrected chi connectivity index (χ0v) is 18.0. The Kier molecular flexibility index (Phi) is 8.58. The second-order valence-electron chi connectivity index (χ2n) is 6.89. The third-order valence-corrected chi connectivity index (χ3v) is 5.64. The molecule has 2 amide bonds. The van der Waals surface area contributed by atoms with Crippen LogP contribution in [0.5, 0.6) is 0 Å². The van der Waals surface area contributed by atoms with Crippen LogP contribution < -0.4 is 10.6 Å². The van der Waals surface area contributed by atoms with Crippen molar-refractivity contribution in [3.05, 3.63) is 53.6 Å². The number of anilines is 2. The Morgan fingerprint density at radius 2 is 1.82 bits per heavy atom. The highest BCUT2D eigenvalue weighted by Crippen LogP contribution is 2.28. The van der Waals surface area contributed by atoms with Crippen LogP contribution >= 0.6 is 11.8 Å². The number of unbranched alkanes of at least 4 members (excludes halogenated alkanes) is 1. The maximum atomic E-state index is 12.7. The maximum Gasteiger partial charge on any atom is 0.237 e. The van der Waals surface area contributed by atoms with Crippen LogP contribution in [0.3, 0.4) is 0 Å². The van der Waals surface area contributed by atoms with Crippen LogP contribution in [0.1, 0.15) is 51.2 Å². The molecule has 0 heterocycles. The summed E-state index contributed by atoms with van der Waals surface area (Å²) >= 11 is 1.49. The highest BCUT2D eigenvalue weighted by atomic mass is 32.2. The fourth-order valence-electron chi connectivity index (χ4n) is 2.89. The molecule has 4 nitrogen and oxygen atoms in total. The molecule has 1 atom stereocenters. The number of amides is 2. The third kappa shape index (κ3) is 6.41. The van der Waals surface area contributed by atoms with Crippen molar-refractivity contribution in [2.45, 2.75) is 63.5 Å². The first-order valence-electron chi connectivity index (χ1n) is 9.90. The van der Waals surface area contributed by atoms with E-state index in [0.717, 1.165) is 46.7 Å². The molecule has 28 heavy (non-hydrogen) atoms. The summed E-state index contributed by atoms with van der Waals surface area (Å²) in [6.07, 6.45) is 3.29. The van der Waals surface area contributed by atoms with Gasteiger partial charge in [-0.2, -0.15) is 0 Å². The molecule has 2 aromatic rings. The summed E-state index contributed by atoms with van der Waals surface area (Å²) < 4.78 is 0. The Balaban J connectivity index is 2.01. The largest absolute Gasteiger partial charge is 0.326 e. The van der Waals surface area contributed by atoms with Crippen LogP contribution in [0.15, 0.2) is 47.4 Å². The summed E-state index contributed by atoms with van der Waals surface area (Å²) in [7, 11) is 0. The van der Waals surface area contributed by atoms with Gasteiger partial charge in [0.05, 0.1) is 5.25 Å². The first-order chi connectivity index (χ1) is 13.4. The number of hydrogen-bond donors (Lipinski definition) is 2. The lowest BCUT2D eigenvalue weighted by Crippen LogP contribution is -2.23. The minimum atomic E-state index is -0.254. The Bertz CT molecular complexity index is 820. The van der Waals surface area contributed by atoms with Crippen molar-refractivity contribution >= 4 is 35.0 Å². The van der Waals surface area contributed by atoms with E-state index >= 15 is 0 Å². The molecule has 0 aromatic heterocycles. The highest BCUT2D eigenvalue weighted by Gasteiger charge is 2.17. The van der Waals surface area contributed by atoms with E-state index in [1.807, 2.05) is 56.3 Å². The van der Waals surface area contributed by atoms with Crippen LogP contribution in [-0.2, 0) is 16.0 Å². The predicted molar refractivity (Wildman–Crippen MR) is 119 cm³/mol. The van der Waals surface area contributed by atoms with Gasteiger partial charge in [-0.3, -0.25) is 9.59 Å². The van der Waals surface area contributed by atoms with E-state index in [9.17, 15) is 9.59 Å². The van der Waals surface area contributed by atoms with Gasteiger partial charge >= 0.3 is 0 Å². The topological polar surface area (TPSA) is 58.2 Å². The quantitative estimate of drug-likeness (QED) is 0.524. The van der Waals surface area contributed by atoms with E-state index in [-0.39, 0.29) is 17.1 Å². The molecule has 150 valence electrons. The van der Waals surface area contributed by atoms with Gasteiger partial charge in [0.1, 0.15) is 0 Å². The number of para-hydroxylation sites is 1. The monoisotopic (exact) mass is 398 g/mol. The molecule has 5 heteroatoms. The van der Waals surface area contributed by atoms with Crippen LogP contribution in [0.2, 0.25) is 0 Å². The standard InChI is InChI=1S/C23H30N2O2S/c1-5-7-14-21(26)24-19-12-9-13-20(15-19)28-17(4)23(27)25-22-16(3)10-8-11-18(22)6-2/h8-13,15,17H,5-7,14H2,1-4H3,(H,24,26)(H,25,27). The van der Waals surface area contributed by atoms with E-state index in [1.54, 1.807) is 0 Å². The van der Waals surface area contributed by atoms with E-state index < -0.39 is 0 Å². The second kappa shape index (κ2) is 10.9. The van der Waals surface area contributed by atoms with Crippen LogP contribution in [0, 0.1) is 6.92 Å². The maximum absolute atomic E-state index is 12.7. The summed E-state index contributed by atoms with van der Waals surface area (Å²) in [5, 5.41) is 5.77. The fourth-order valence-corrected chi connectivity index (χ4v) is 3.82. The number of aryl methyl sites for hydroxylation is 2.